The molecule has 0 saturated heterocycles. The lowest BCUT2D eigenvalue weighted by atomic mass is 9.87. The van der Waals surface area contributed by atoms with Gasteiger partial charge in [0.25, 0.3) is 0 Å². The van der Waals surface area contributed by atoms with Crippen LogP contribution in [0.3, 0.4) is 0 Å². The number of anilines is 1. The Morgan fingerprint density at radius 1 is 1.18 bits per heavy atom. The second-order valence-electron chi connectivity index (χ2n) is 10.3. The molecule has 3 aromatic rings. The van der Waals surface area contributed by atoms with Gasteiger partial charge in [-0.15, -0.1) is 0 Å². The standard InChI is InChI=1S/C30H39F2N5O2/c1-3-7-24(18-38)33-16-21-9-5-6-10-28(21)37-17-29(34-19-37)36-30(39)27(8-4-2)35-23-12-11-20-13-22(31)14-26(32)25(20)15-23/h5-6,9-10,13-14,17,19,23-24,27,33,35,38H,3-4,7-8,11-12,15-16,18H2,1-2H3,(H,36,39)/t23-,24?,27?/m0/s1. The van der Waals surface area contributed by atoms with Crippen molar-refractivity contribution in [3.05, 3.63) is 77.2 Å². The minimum atomic E-state index is -0.551. The highest BCUT2D eigenvalue weighted by atomic mass is 19.1. The van der Waals surface area contributed by atoms with Crippen LogP contribution >= 0.6 is 0 Å². The van der Waals surface area contributed by atoms with Gasteiger partial charge in [0.1, 0.15) is 18.0 Å². The van der Waals surface area contributed by atoms with Gasteiger partial charge in [0, 0.05) is 24.7 Å². The number of imidazole rings is 1. The summed E-state index contributed by atoms with van der Waals surface area (Å²) in [7, 11) is 0. The smallest absolute Gasteiger partial charge is 0.242 e. The third-order valence-electron chi connectivity index (χ3n) is 7.34. The molecule has 0 radical (unpaired) electrons. The fraction of sp³-hybridized carbons (Fsp3) is 0.467. The maximum absolute atomic E-state index is 14.4. The van der Waals surface area contributed by atoms with Crippen molar-refractivity contribution in [2.24, 2.45) is 0 Å². The number of nitrogens with zero attached hydrogens (tertiary/aromatic N) is 2. The summed E-state index contributed by atoms with van der Waals surface area (Å²) < 4.78 is 29.8. The topological polar surface area (TPSA) is 91.2 Å². The van der Waals surface area contributed by atoms with Crippen molar-refractivity contribution in [2.45, 2.75) is 83.5 Å². The molecule has 1 heterocycles. The van der Waals surface area contributed by atoms with Crippen LogP contribution in [0.1, 0.15) is 62.6 Å². The van der Waals surface area contributed by atoms with Crippen LogP contribution in [0.4, 0.5) is 14.6 Å². The Kier molecular flexibility index (Phi) is 10.2. The molecule has 2 aromatic carbocycles. The predicted molar refractivity (Wildman–Crippen MR) is 149 cm³/mol. The fourth-order valence-corrected chi connectivity index (χ4v) is 5.30. The first-order chi connectivity index (χ1) is 18.9. The molecule has 39 heavy (non-hydrogen) atoms. The Bertz CT molecular complexity index is 1250. The number of aliphatic hydroxyl groups excluding tert-OH is 1. The molecule has 9 heteroatoms. The number of hydrogen-bond donors (Lipinski definition) is 4. The molecule has 1 aliphatic carbocycles. The summed E-state index contributed by atoms with van der Waals surface area (Å²) in [5.41, 5.74) is 3.23. The van der Waals surface area contributed by atoms with Crippen LogP contribution in [0, 0.1) is 11.6 Å². The Labute approximate surface area is 229 Å². The molecule has 3 atom stereocenters. The van der Waals surface area contributed by atoms with Crippen molar-refractivity contribution in [1.29, 1.82) is 0 Å². The number of carbonyl (C=O) groups excluding carboxylic acids is 1. The zero-order chi connectivity index (χ0) is 27.8. The largest absolute Gasteiger partial charge is 0.395 e. The normalized spacial score (nSPS) is 16.5. The van der Waals surface area contributed by atoms with Gasteiger partial charge >= 0.3 is 0 Å². The number of halogens is 2. The summed E-state index contributed by atoms with van der Waals surface area (Å²) in [6, 6.07) is 9.79. The average Bonchev–Trinajstić information content (AvgIpc) is 3.39. The van der Waals surface area contributed by atoms with Crippen molar-refractivity contribution in [2.75, 3.05) is 11.9 Å². The second kappa shape index (κ2) is 13.8. The SMILES string of the molecule is CCCC(CO)NCc1ccccc1-n1cnc(NC(=O)C(CCC)N[C@H]2CCc3cc(F)cc(F)c3C2)c1. The summed E-state index contributed by atoms with van der Waals surface area (Å²) in [4.78, 5) is 17.6. The summed E-state index contributed by atoms with van der Waals surface area (Å²) in [5.74, 6) is -0.815. The first kappa shape index (κ1) is 28.9. The van der Waals surface area contributed by atoms with Gasteiger partial charge < -0.3 is 25.6 Å². The third kappa shape index (κ3) is 7.50. The van der Waals surface area contributed by atoms with Gasteiger partial charge in [0.15, 0.2) is 5.82 Å². The van der Waals surface area contributed by atoms with E-state index in [4.69, 9.17) is 0 Å². The van der Waals surface area contributed by atoms with Gasteiger partial charge in [0.2, 0.25) is 5.91 Å². The van der Waals surface area contributed by atoms with Crippen LogP contribution in [-0.4, -0.2) is 45.3 Å². The molecule has 4 N–H and O–H groups in total. The highest BCUT2D eigenvalue weighted by Crippen LogP contribution is 2.26. The van der Waals surface area contributed by atoms with E-state index in [9.17, 15) is 18.7 Å². The molecule has 0 saturated carbocycles. The Hall–Kier alpha value is -3.14. The summed E-state index contributed by atoms with van der Waals surface area (Å²) in [6.07, 6.45) is 8.47. The predicted octanol–water partition coefficient (Wildman–Crippen LogP) is 4.66. The van der Waals surface area contributed by atoms with E-state index in [0.29, 0.717) is 49.2 Å². The number of para-hydroxylation sites is 1. The number of benzene rings is 2. The molecule has 7 nitrogen and oxygen atoms in total. The van der Waals surface area contributed by atoms with Crippen LogP contribution in [0.2, 0.25) is 0 Å². The van der Waals surface area contributed by atoms with E-state index >= 15 is 0 Å². The van der Waals surface area contributed by atoms with Crippen LogP contribution in [0.15, 0.2) is 48.9 Å². The van der Waals surface area contributed by atoms with E-state index in [0.717, 1.165) is 36.6 Å². The van der Waals surface area contributed by atoms with Gasteiger partial charge in [0.05, 0.1) is 24.5 Å². The molecule has 0 bridgehead atoms. The van der Waals surface area contributed by atoms with Gasteiger partial charge in [-0.05, 0) is 60.9 Å². The number of rotatable bonds is 13. The Balaban J connectivity index is 1.41. The van der Waals surface area contributed by atoms with Gasteiger partial charge in [-0.25, -0.2) is 13.8 Å². The molecule has 1 aliphatic rings. The van der Waals surface area contributed by atoms with Crippen molar-refractivity contribution < 1.29 is 18.7 Å². The van der Waals surface area contributed by atoms with Crippen LogP contribution in [0.5, 0.6) is 0 Å². The number of aromatic nitrogens is 2. The number of nitrogens with one attached hydrogen (secondary N) is 3. The van der Waals surface area contributed by atoms with Crippen LogP contribution in [0.25, 0.3) is 5.69 Å². The maximum Gasteiger partial charge on any atom is 0.242 e. The van der Waals surface area contributed by atoms with E-state index in [1.54, 1.807) is 12.5 Å². The summed E-state index contributed by atoms with van der Waals surface area (Å²) in [5, 5.41) is 19.4. The lowest BCUT2D eigenvalue weighted by molar-refractivity contribution is -0.118. The number of amides is 1. The minimum absolute atomic E-state index is 0.0407. The van der Waals surface area contributed by atoms with Crippen LogP contribution < -0.4 is 16.0 Å². The van der Waals surface area contributed by atoms with Gasteiger partial charge in [-0.3, -0.25) is 4.79 Å². The maximum atomic E-state index is 14.4. The number of carbonyl (C=O) groups is 1. The van der Waals surface area contributed by atoms with Crippen molar-refractivity contribution >= 4 is 11.7 Å². The van der Waals surface area contributed by atoms with E-state index in [2.05, 4.69) is 27.9 Å². The molecule has 2 unspecified atom stereocenters. The number of aryl methyl sites for hydroxylation is 1. The summed E-state index contributed by atoms with van der Waals surface area (Å²) in [6.45, 7) is 4.80. The molecule has 210 valence electrons. The number of fused-ring (bicyclic) bond motifs is 1. The molecular weight excluding hydrogens is 500 g/mol. The second-order valence-corrected chi connectivity index (χ2v) is 10.3. The molecule has 1 amide bonds. The molecule has 1 aromatic heterocycles. The highest BCUT2D eigenvalue weighted by molar-refractivity contribution is 5.94. The molecule has 4 rings (SSSR count). The zero-order valence-electron chi connectivity index (χ0n) is 22.7. The molecule has 0 aliphatic heterocycles. The van der Waals surface area contributed by atoms with Crippen LogP contribution in [-0.2, 0) is 24.2 Å². The Morgan fingerprint density at radius 3 is 2.74 bits per heavy atom. The minimum Gasteiger partial charge on any atom is -0.395 e. The van der Waals surface area contributed by atoms with Crippen molar-refractivity contribution in [3.8, 4) is 5.69 Å². The lowest BCUT2D eigenvalue weighted by Crippen LogP contribution is -2.48. The molecule has 0 spiro atoms. The first-order valence-corrected chi connectivity index (χ1v) is 13.9. The lowest BCUT2D eigenvalue weighted by Gasteiger charge is -2.29. The number of aliphatic hydroxyl groups is 1. The number of hydrogen-bond acceptors (Lipinski definition) is 5. The monoisotopic (exact) mass is 539 g/mol. The van der Waals surface area contributed by atoms with Crippen molar-refractivity contribution in [3.63, 3.8) is 0 Å². The van der Waals surface area contributed by atoms with E-state index in [-0.39, 0.29) is 24.6 Å². The van der Waals surface area contributed by atoms with E-state index in [1.165, 1.54) is 6.07 Å². The zero-order valence-corrected chi connectivity index (χ0v) is 22.7. The first-order valence-electron chi connectivity index (χ1n) is 13.9. The third-order valence-corrected chi connectivity index (χ3v) is 7.34. The van der Waals surface area contributed by atoms with E-state index < -0.39 is 17.7 Å². The van der Waals surface area contributed by atoms with E-state index in [1.807, 2.05) is 35.8 Å². The van der Waals surface area contributed by atoms with Gasteiger partial charge in [-0.2, -0.15) is 0 Å². The molecular formula is C30H39F2N5O2. The highest BCUT2D eigenvalue weighted by Gasteiger charge is 2.27. The van der Waals surface area contributed by atoms with Crippen molar-refractivity contribution in [1.82, 2.24) is 20.2 Å². The summed E-state index contributed by atoms with van der Waals surface area (Å²) >= 11 is 0. The Morgan fingerprint density at radius 2 is 1.97 bits per heavy atom. The fourth-order valence-electron chi connectivity index (χ4n) is 5.30. The average molecular weight is 540 g/mol. The van der Waals surface area contributed by atoms with Gasteiger partial charge in [-0.1, -0.05) is 44.9 Å². The quantitative estimate of drug-likeness (QED) is 0.254. The molecule has 0 fully saturated rings.